The summed E-state index contributed by atoms with van der Waals surface area (Å²) in [4.78, 5) is 12.3. The molecule has 0 atom stereocenters. The monoisotopic (exact) mass is 299 g/mol. The number of carboxylic acid groups (broad SMARTS) is 1. The number of carbonyl (C=O) groups is 1. The Labute approximate surface area is 118 Å². The summed E-state index contributed by atoms with van der Waals surface area (Å²) in [6, 6.07) is 7.13. The molecule has 0 unspecified atom stereocenters. The molecule has 0 radical (unpaired) electrons. The van der Waals surface area contributed by atoms with Crippen LogP contribution >= 0.6 is 34.7 Å². The van der Waals surface area contributed by atoms with Gasteiger partial charge < -0.3 is 10.8 Å². The Morgan fingerprint density at radius 2 is 2.22 bits per heavy atom. The van der Waals surface area contributed by atoms with E-state index in [9.17, 15) is 4.79 Å². The van der Waals surface area contributed by atoms with Crippen LogP contribution in [0.3, 0.4) is 0 Å². The minimum Gasteiger partial charge on any atom is -0.477 e. The van der Waals surface area contributed by atoms with Gasteiger partial charge in [0.2, 0.25) is 0 Å². The van der Waals surface area contributed by atoms with Gasteiger partial charge in [-0.3, -0.25) is 0 Å². The first-order valence-electron chi connectivity index (χ1n) is 5.05. The van der Waals surface area contributed by atoms with E-state index in [-0.39, 0.29) is 0 Å². The zero-order chi connectivity index (χ0) is 13.1. The zero-order valence-electron chi connectivity index (χ0n) is 9.22. The summed E-state index contributed by atoms with van der Waals surface area (Å²) in [6.45, 7) is 0. The van der Waals surface area contributed by atoms with Crippen molar-refractivity contribution in [3.8, 4) is 0 Å². The predicted octanol–water partition coefficient (Wildman–Crippen LogP) is 3.97. The fraction of sp³-hybridized carbons (Fsp3) is 0.0833. The first-order chi connectivity index (χ1) is 8.58. The molecule has 0 amide bonds. The van der Waals surface area contributed by atoms with Crippen LogP contribution in [0.4, 0.5) is 5.69 Å². The van der Waals surface area contributed by atoms with E-state index in [1.165, 1.54) is 23.1 Å². The molecule has 1 aromatic heterocycles. The number of nitrogen functional groups attached to an aromatic ring is 1. The van der Waals surface area contributed by atoms with Gasteiger partial charge in [-0.1, -0.05) is 11.6 Å². The van der Waals surface area contributed by atoms with Crippen LogP contribution in [0.15, 0.2) is 34.5 Å². The molecule has 6 heteroatoms. The molecule has 1 aromatic carbocycles. The smallest absolute Gasteiger partial charge is 0.346 e. The maximum atomic E-state index is 11.0. The maximum absolute atomic E-state index is 11.0. The Balaban J connectivity index is 2.11. The van der Waals surface area contributed by atoms with Crippen LogP contribution < -0.4 is 5.73 Å². The lowest BCUT2D eigenvalue weighted by Crippen LogP contribution is -1.96. The van der Waals surface area contributed by atoms with Crippen molar-refractivity contribution >= 4 is 46.4 Å². The topological polar surface area (TPSA) is 63.3 Å². The lowest BCUT2D eigenvalue weighted by molar-refractivity contribution is 0.0701. The summed E-state index contributed by atoms with van der Waals surface area (Å²) in [5.74, 6) is -0.304. The molecule has 0 fully saturated rings. The second-order valence-electron chi connectivity index (χ2n) is 3.55. The number of rotatable bonds is 4. The molecule has 3 N–H and O–H groups in total. The Bertz CT molecular complexity index is 583. The third kappa shape index (κ3) is 2.98. The quantitative estimate of drug-likeness (QED) is 0.662. The Morgan fingerprint density at radius 3 is 2.89 bits per heavy atom. The highest BCUT2D eigenvalue weighted by Crippen LogP contribution is 2.32. The van der Waals surface area contributed by atoms with E-state index >= 15 is 0 Å². The lowest BCUT2D eigenvalue weighted by Gasteiger charge is -2.05. The van der Waals surface area contributed by atoms with Crippen molar-refractivity contribution in [2.75, 3.05) is 5.73 Å². The van der Waals surface area contributed by atoms with Gasteiger partial charge in [0.15, 0.2) is 0 Å². The number of benzene rings is 1. The minimum absolute atomic E-state index is 0.384. The number of hydrogen-bond acceptors (Lipinski definition) is 4. The fourth-order valence-corrected chi connectivity index (χ4v) is 3.42. The van der Waals surface area contributed by atoms with E-state index < -0.39 is 5.97 Å². The first-order valence-corrected chi connectivity index (χ1v) is 7.29. The number of aromatic carboxylic acids is 1. The summed E-state index contributed by atoms with van der Waals surface area (Å²) in [5.41, 5.74) is 7.26. The van der Waals surface area contributed by atoms with Gasteiger partial charge >= 0.3 is 5.97 Å². The van der Waals surface area contributed by atoms with Crippen LogP contribution in [-0.4, -0.2) is 11.1 Å². The Hall–Kier alpha value is -1.17. The Kier molecular flexibility index (Phi) is 4.16. The Morgan fingerprint density at radius 1 is 1.44 bits per heavy atom. The van der Waals surface area contributed by atoms with Crippen LogP contribution in [-0.2, 0) is 5.75 Å². The molecule has 18 heavy (non-hydrogen) atoms. The number of nitrogens with two attached hydrogens (primary N) is 1. The van der Waals surface area contributed by atoms with Crippen molar-refractivity contribution in [2.24, 2.45) is 0 Å². The van der Waals surface area contributed by atoms with Gasteiger partial charge in [-0.2, -0.15) is 0 Å². The van der Waals surface area contributed by atoms with Crippen molar-refractivity contribution in [1.82, 2.24) is 0 Å². The molecule has 0 aliphatic rings. The van der Waals surface area contributed by atoms with E-state index in [1.54, 1.807) is 17.5 Å². The van der Waals surface area contributed by atoms with Gasteiger partial charge in [0.1, 0.15) is 4.88 Å². The average Bonchev–Trinajstić information content (AvgIpc) is 2.76. The number of carboxylic acids is 1. The average molecular weight is 300 g/mol. The van der Waals surface area contributed by atoms with Crippen LogP contribution in [0.5, 0.6) is 0 Å². The van der Waals surface area contributed by atoms with Crippen molar-refractivity contribution in [3.05, 3.63) is 45.1 Å². The third-order valence-electron chi connectivity index (χ3n) is 2.30. The van der Waals surface area contributed by atoms with Gasteiger partial charge in [-0.15, -0.1) is 23.1 Å². The van der Waals surface area contributed by atoms with E-state index in [4.69, 9.17) is 22.4 Å². The third-order valence-corrected chi connectivity index (χ3v) is 4.61. The molecule has 2 rings (SSSR count). The molecular formula is C12H10ClNO2S2. The number of hydrogen-bond donors (Lipinski definition) is 2. The SMILES string of the molecule is Nc1cc(Cl)ccc1SCc1ccsc1C(=O)O. The fourth-order valence-electron chi connectivity index (χ4n) is 1.44. The lowest BCUT2D eigenvalue weighted by atomic mass is 10.3. The van der Waals surface area contributed by atoms with E-state index in [1.807, 2.05) is 12.1 Å². The van der Waals surface area contributed by atoms with Gasteiger partial charge in [0.25, 0.3) is 0 Å². The van der Waals surface area contributed by atoms with E-state index in [0.717, 1.165) is 10.5 Å². The minimum atomic E-state index is -0.885. The first kappa shape index (κ1) is 13.3. The number of thiophene rings is 1. The van der Waals surface area contributed by atoms with E-state index in [2.05, 4.69) is 0 Å². The second kappa shape index (κ2) is 5.65. The predicted molar refractivity (Wildman–Crippen MR) is 76.7 cm³/mol. The van der Waals surface area contributed by atoms with Crippen molar-refractivity contribution in [2.45, 2.75) is 10.6 Å². The van der Waals surface area contributed by atoms with Gasteiger partial charge in [-0.05, 0) is 35.2 Å². The number of halogens is 1. The molecule has 0 saturated heterocycles. The summed E-state index contributed by atoms with van der Waals surface area (Å²) in [5, 5.41) is 11.4. The normalized spacial score (nSPS) is 10.5. The molecule has 0 bridgehead atoms. The van der Waals surface area contributed by atoms with Gasteiger partial charge in [-0.25, -0.2) is 4.79 Å². The molecule has 0 aliphatic heterocycles. The van der Waals surface area contributed by atoms with E-state index in [0.29, 0.717) is 21.3 Å². The van der Waals surface area contributed by atoms with Crippen molar-refractivity contribution in [3.63, 3.8) is 0 Å². The summed E-state index contributed by atoms with van der Waals surface area (Å²) in [7, 11) is 0. The highest BCUT2D eigenvalue weighted by atomic mass is 35.5. The molecule has 0 saturated carbocycles. The molecule has 3 nitrogen and oxygen atoms in total. The zero-order valence-corrected chi connectivity index (χ0v) is 11.6. The molecular weight excluding hydrogens is 290 g/mol. The maximum Gasteiger partial charge on any atom is 0.346 e. The largest absolute Gasteiger partial charge is 0.477 e. The van der Waals surface area contributed by atoms with Crippen LogP contribution in [0.25, 0.3) is 0 Å². The van der Waals surface area contributed by atoms with Gasteiger partial charge in [0.05, 0.1) is 0 Å². The molecule has 1 heterocycles. The van der Waals surface area contributed by atoms with Crippen LogP contribution in [0, 0.1) is 0 Å². The number of anilines is 1. The summed E-state index contributed by atoms with van der Waals surface area (Å²) in [6.07, 6.45) is 0. The molecule has 0 aliphatic carbocycles. The molecule has 0 spiro atoms. The van der Waals surface area contributed by atoms with Crippen molar-refractivity contribution in [1.29, 1.82) is 0 Å². The van der Waals surface area contributed by atoms with Crippen LogP contribution in [0.2, 0.25) is 5.02 Å². The standard InChI is InChI=1S/C12H10ClNO2S2/c13-8-1-2-10(9(14)5-8)18-6-7-3-4-17-11(7)12(15)16/h1-5H,6,14H2,(H,15,16). The molecule has 94 valence electrons. The summed E-state index contributed by atoms with van der Waals surface area (Å²) >= 11 is 8.56. The van der Waals surface area contributed by atoms with Crippen molar-refractivity contribution < 1.29 is 9.90 Å². The second-order valence-corrected chi connectivity index (χ2v) is 5.92. The van der Waals surface area contributed by atoms with Gasteiger partial charge in [0, 0.05) is 21.4 Å². The highest BCUT2D eigenvalue weighted by molar-refractivity contribution is 7.98. The highest BCUT2D eigenvalue weighted by Gasteiger charge is 2.12. The number of thioether (sulfide) groups is 1. The summed E-state index contributed by atoms with van der Waals surface area (Å²) < 4.78 is 0. The molecule has 2 aromatic rings. The van der Waals surface area contributed by atoms with Crippen LogP contribution in [0.1, 0.15) is 15.2 Å².